The van der Waals surface area contributed by atoms with Crippen LogP contribution in [0.5, 0.6) is 0 Å². The van der Waals surface area contributed by atoms with Crippen molar-refractivity contribution in [3.05, 3.63) is 12.3 Å². The average molecular weight is 184 g/mol. The van der Waals surface area contributed by atoms with Gasteiger partial charge in [-0.2, -0.15) is 0 Å². The van der Waals surface area contributed by atoms with Gasteiger partial charge in [0.15, 0.2) is 0 Å². The van der Waals surface area contributed by atoms with E-state index >= 15 is 0 Å². The molecule has 0 aliphatic carbocycles. The molecule has 5 heteroatoms. The quantitative estimate of drug-likeness (QED) is 0.608. The van der Waals surface area contributed by atoms with E-state index in [0.717, 1.165) is 4.90 Å². The monoisotopic (exact) mass is 184 g/mol. The van der Waals surface area contributed by atoms with Crippen molar-refractivity contribution in [1.29, 1.82) is 0 Å². The SMILES string of the molecule is NC1CCC=CN(CC(=O)O)C1=O. The van der Waals surface area contributed by atoms with Gasteiger partial charge in [-0.1, -0.05) is 6.08 Å². The van der Waals surface area contributed by atoms with E-state index in [1.165, 1.54) is 6.20 Å². The normalized spacial score (nSPS) is 23.0. The molecule has 1 rings (SSSR count). The molecule has 1 unspecified atom stereocenters. The molecule has 72 valence electrons. The third kappa shape index (κ3) is 2.55. The van der Waals surface area contributed by atoms with E-state index in [1.807, 2.05) is 0 Å². The molecule has 0 aromatic carbocycles. The van der Waals surface area contributed by atoms with Gasteiger partial charge >= 0.3 is 5.97 Å². The molecule has 1 amide bonds. The van der Waals surface area contributed by atoms with Crippen LogP contribution in [-0.4, -0.2) is 34.5 Å². The Labute approximate surface area is 75.8 Å². The third-order valence-electron chi connectivity index (χ3n) is 1.84. The van der Waals surface area contributed by atoms with Crippen LogP contribution >= 0.6 is 0 Å². The van der Waals surface area contributed by atoms with Crippen LogP contribution in [-0.2, 0) is 9.59 Å². The van der Waals surface area contributed by atoms with Crippen molar-refractivity contribution in [3.8, 4) is 0 Å². The largest absolute Gasteiger partial charge is 0.480 e. The summed E-state index contributed by atoms with van der Waals surface area (Å²) < 4.78 is 0. The maximum absolute atomic E-state index is 11.4. The molecule has 0 spiro atoms. The van der Waals surface area contributed by atoms with E-state index in [2.05, 4.69) is 0 Å². The number of hydrogen-bond donors (Lipinski definition) is 2. The number of aliphatic carboxylic acids is 1. The summed E-state index contributed by atoms with van der Waals surface area (Å²) in [5.74, 6) is -1.36. The molecule has 0 aromatic rings. The maximum Gasteiger partial charge on any atom is 0.323 e. The number of nitrogens with zero attached hydrogens (tertiary/aromatic N) is 1. The fourth-order valence-electron chi connectivity index (χ4n) is 1.16. The van der Waals surface area contributed by atoms with Gasteiger partial charge in [0, 0.05) is 6.20 Å². The highest BCUT2D eigenvalue weighted by Crippen LogP contribution is 2.07. The van der Waals surface area contributed by atoms with E-state index < -0.39 is 12.0 Å². The predicted molar refractivity (Wildman–Crippen MR) is 45.7 cm³/mol. The van der Waals surface area contributed by atoms with Crippen LogP contribution in [0.25, 0.3) is 0 Å². The first kappa shape index (κ1) is 9.73. The van der Waals surface area contributed by atoms with Gasteiger partial charge in [-0.05, 0) is 12.8 Å². The van der Waals surface area contributed by atoms with Gasteiger partial charge in [0.2, 0.25) is 5.91 Å². The molecule has 13 heavy (non-hydrogen) atoms. The number of carbonyl (C=O) groups excluding carboxylic acids is 1. The summed E-state index contributed by atoms with van der Waals surface area (Å²) in [5.41, 5.74) is 5.52. The van der Waals surface area contributed by atoms with Gasteiger partial charge in [0.05, 0.1) is 6.04 Å². The smallest absolute Gasteiger partial charge is 0.323 e. The summed E-state index contributed by atoms with van der Waals surface area (Å²) in [6.45, 7) is -0.316. The molecular formula is C8H12N2O3. The van der Waals surface area contributed by atoms with Crippen molar-refractivity contribution >= 4 is 11.9 Å². The second kappa shape index (κ2) is 4.04. The van der Waals surface area contributed by atoms with E-state index in [1.54, 1.807) is 6.08 Å². The van der Waals surface area contributed by atoms with Gasteiger partial charge in [-0.3, -0.25) is 9.59 Å². The Bertz CT molecular complexity index is 250. The Morgan fingerprint density at radius 3 is 3.08 bits per heavy atom. The fourth-order valence-corrected chi connectivity index (χ4v) is 1.16. The lowest BCUT2D eigenvalue weighted by Crippen LogP contribution is -2.42. The fraction of sp³-hybridized carbons (Fsp3) is 0.500. The van der Waals surface area contributed by atoms with E-state index in [4.69, 9.17) is 10.8 Å². The van der Waals surface area contributed by atoms with Crippen molar-refractivity contribution in [2.75, 3.05) is 6.54 Å². The van der Waals surface area contributed by atoms with Crippen LogP contribution in [0, 0.1) is 0 Å². The minimum Gasteiger partial charge on any atom is -0.480 e. The first-order valence-electron chi connectivity index (χ1n) is 4.06. The van der Waals surface area contributed by atoms with Gasteiger partial charge in [-0.25, -0.2) is 0 Å². The lowest BCUT2D eigenvalue weighted by Gasteiger charge is -2.17. The summed E-state index contributed by atoms with van der Waals surface area (Å²) in [4.78, 5) is 22.9. The second-order valence-corrected chi connectivity index (χ2v) is 2.93. The summed E-state index contributed by atoms with van der Waals surface area (Å²) >= 11 is 0. The van der Waals surface area contributed by atoms with Crippen LogP contribution in [0.15, 0.2) is 12.3 Å². The Balaban J connectivity index is 2.68. The predicted octanol–water partition coefficient (Wildman–Crippen LogP) is -0.466. The Morgan fingerprint density at radius 2 is 2.46 bits per heavy atom. The van der Waals surface area contributed by atoms with E-state index in [0.29, 0.717) is 12.8 Å². The van der Waals surface area contributed by atoms with Crippen molar-refractivity contribution in [3.63, 3.8) is 0 Å². The molecule has 0 bridgehead atoms. The average Bonchev–Trinajstić information content (AvgIpc) is 2.19. The van der Waals surface area contributed by atoms with Crippen molar-refractivity contribution < 1.29 is 14.7 Å². The minimum atomic E-state index is -1.04. The number of amides is 1. The molecule has 1 heterocycles. The molecule has 5 nitrogen and oxygen atoms in total. The number of carboxylic acids is 1. The zero-order chi connectivity index (χ0) is 9.84. The lowest BCUT2D eigenvalue weighted by atomic mass is 10.2. The van der Waals surface area contributed by atoms with Gasteiger partial charge in [0.25, 0.3) is 0 Å². The molecule has 3 N–H and O–H groups in total. The summed E-state index contributed by atoms with van der Waals surface area (Å²) in [6, 6.07) is -0.575. The Morgan fingerprint density at radius 1 is 1.77 bits per heavy atom. The molecule has 0 radical (unpaired) electrons. The highest BCUT2D eigenvalue weighted by Gasteiger charge is 2.22. The highest BCUT2D eigenvalue weighted by atomic mass is 16.4. The number of nitrogens with two attached hydrogens (primary N) is 1. The van der Waals surface area contributed by atoms with Gasteiger partial charge in [-0.15, -0.1) is 0 Å². The molecule has 1 aliphatic rings. The zero-order valence-electron chi connectivity index (χ0n) is 7.14. The number of rotatable bonds is 2. The lowest BCUT2D eigenvalue weighted by molar-refractivity contribution is -0.142. The summed E-state index contributed by atoms with van der Waals surface area (Å²) in [6.07, 6.45) is 4.53. The zero-order valence-corrected chi connectivity index (χ0v) is 7.14. The Hall–Kier alpha value is -1.36. The van der Waals surface area contributed by atoms with Crippen LogP contribution in [0.4, 0.5) is 0 Å². The molecular weight excluding hydrogens is 172 g/mol. The van der Waals surface area contributed by atoms with Crippen LogP contribution in [0.3, 0.4) is 0 Å². The standard InChI is InChI=1S/C8H12N2O3/c9-6-3-1-2-4-10(8(6)13)5-7(11)12/h2,4,6H,1,3,5,9H2,(H,11,12). The van der Waals surface area contributed by atoms with Crippen molar-refractivity contribution in [2.24, 2.45) is 5.73 Å². The summed E-state index contributed by atoms with van der Waals surface area (Å²) in [7, 11) is 0. The molecule has 0 saturated heterocycles. The first-order chi connectivity index (χ1) is 6.11. The third-order valence-corrected chi connectivity index (χ3v) is 1.84. The maximum atomic E-state index is 11.4. The van der Waals surface area contributed by atoms with Crippen LogP contribution in [0.1, 0.15) is 12.8 Å². The number of hydrogen-bond acceptors (Lipinski definition) is 3. The molecule has 0 aromatic heterocycles. The molecule has 1 atom stereocenters. The number of carboxylic acid groups (broad SMARTS) is 1. The van der Waals surface area contributed by atoms with Crippen molar-refractivity contribution in [1.82, 2.24) is 4.90 Å². The summed E-state index contributed by atoms with van der Waals surface area (Å²) in [5, 5.41) is 8.49. The Kier molecular flexibility index (Phi) is 3.02. The van der Waals surface area contributed by atoms with Crippen LogP contribution < -0.4 is 5.73 Å². The van der Waals surface area contributed by atoms with E-state index in [-0.39, 0.29) is 12.5 Å². The van der Waals surface area contributed by atoms with Gasteiger partial charge in [0.1, 0.15) is 6.54 Å². The second-order valence-electron chi connectivity index (χ2n) is 2.93. The highest BCUT2D eigenvalue weighted by molar-refractivity contribution is 5.86. The van der Waals surface area contributed by atoms with Crippen molar-refractivity contribution in [2.45, 2.75) is 18.9 Å². The molecule has 0 fully saturated rings. The first-order valence-corrected chi connectivity index (χ1v) is 4.06. The van der Waals surface area contributed by atoms with Crippen LogP contribution in [0.2, 0.25) is 0 Å². The topological polar surface area (TPSA) is 83.6 Å². The molecule has 0 saturated carbocycles. The minimum absolute atomic E-state index is 0.316. The number of allylic oxidation sites excluding steroid dienone is 1. The number of carbonyl (C=O) groups is 2. The van der Waals surface area contributed by atoms with Gasteiger partial charge < -0.3 is 15.7 Å². The molecule has 1 aliphatic heterocycles. The van der Waals surface area contributed by atoms with E-state index in [9.17, 15) is 9.59 Å².